The maximum absolute atomic E-state index is 14.3. The molecule has 5 atom stereocenters. The number of aromatic amines is 1. The molecule has 8 heteroatoms. The van der Waals surface area contributed by atoms with Crippen LogP contribution in [-0.2, 0) is 33.7 Å². The van der Waals surface area contributed by atoms with Gasteiger partial charge in [-0.2, -0.15) is 0 Å². The Morgan fingerprint density at radius 2 is 1.88 bits per heavy atom. The van der Waals surface area contributed by atoms with Crippen LogP contribution in [0.4, 0.5) is 4.39 Å². The Bertz CT molecular complexity index is 1900. The molecule has 0 aliphatic heterocycles. The second-order valence-corrected chi connectivity index (χ2v) is 14.9. The quantitative estimate of drug-likeness (QED) is 0.159. The Labute approximate surface area is 286 Å². The predicted molar refractivity (Wildman–Crippen MR) is 186 cm³/mol. The highest BCUT2D eigenvalue weighted by Crippen LogP contribution is 2.61. The smallest absolute Gasteiger partial charge is 0.246 e. The summed E-state index contributed by atoms with van der Waals surface area (Å²) in [6, 6.07) is 16.7. The van der Waals surface area contributed by atoms with Gasteiger partial charge in [0.05, 0.1) is 19.3 Å². The van der Waals surface area contributed by atoms with Crippen LogP contribution < -0.4 is 5.32 Å². The van der Waals surface area contributed by atoms with Gasteiger partial charge in [0.15, 0.2) is 5.78 Å². The van der Waals surface area contributed by atoms with E-state index in [1.165, 1.54) is 42.5 Å². The van der Waals surface area contributed by atoms with Gasteiger partial charge in [-0.3, -0.25) is 9.59 Å². The van der Waals surface area contributed by atoms with E-state index in [-0.39, 0.29) is 29.8 Å². The Morgan fingerprint density at radius 1 is 1.02 bits per heavy atom. The first-order valence-corrected chi connectivity index (χ1v) is 18.0. The van der Waals surface area contributed by atoms with E-state index in [9.17, 15) is 19.1 Å². The first kappa shape index (κ1) is 32.2. The summed E-state index contributed by atoms with van der Waals surface area (Å²) in [6.45, 7) is 3.66. The van der Waals surface area contributed by atoms with Gasteiger partial charge in [-0.15, -0.1) is 0 Å². The third-order valence-electron chi connectivity index (χ3n) is 12.2. The molecule has 1 amide bonds. The number of Topliss-reactive ketones (excluding diaryl/α,β-unsaturated/α-hetero) is 1. The Hall–Kier alpha value is -4.01. The van der Waals surface area contributed by atoms with E-state index in [1.807, 2.05) is 36.4 Å². The number of aromatic nitrogens is 1. The second-order valence-electron chi connectivity index (χ2n) is 14.9. The molecule has 2 fully saturated rings. The zero-order chi connectivity index (χ0) is 33.7. The molecule has 0 bridgehead atoms. The van der Waals surface area contributed by atoms with Crippen LogP contribution in [0.3, 0.4) is 0 Å². The number of carbonyl (C=O) groups excluding carboxylic acids is 2. The number of hydrogen-bond donors (Lipinski definition) is 3. The minimum atomic E-state index is -0.409. The van der Waals surface area contributed by atoms with Crippen molar-refractivity contribution in [3.05, 3.63) is 88.2 Å². The van der Waals surface area contributed by atoms with Gasteiger partial charge in [0, 0.05) is 35.1 Å². The fourth-order valence-electron chi connectivity index (χ4n) is 9.89. The highest BCUT2D eigenvalue weighted by molar-refractivity contribution is 6.11. The monoisotopic (exact) mass is 664 g/mol. The Balaban J connectivity index is 0.797. The van der Waals surface area contributed by atoms with Crippen molar-refractivity contribution in [2.45, 2.75) is 83.3 Å². The van der Waals surface area contributed by atoms with Crippen LogP contribution in [-0.4, -0.2) is 47.7 Å². The van der Waals surface area contributed by atoms with Crippen LogP contribution >= 0.6 is 0 Å². The lowest BCUT2D eigenvalue weighted by atomic mass is 9.55. The fourth-order valence-corrected chi connectivity index (χ4v) is 9.89. The molecule has 0 unspecified atom stereocenters. The van der Waals surface area contributed by atoms with Gasteiger partial charge in [0.2, 0.25) is 5.91 Å². The summed E-state index contributed by atoms with van der Waals surface area (Å²) in [6.07, 6.45) is 8.97. The molecule has 2 saturated carbocycles. The van der Waals surface area contributed by atoms with Gasteiger partial charge in [0.1, 0.15) is 18.2 Å². The first-order valence-electron chi connectivity index (χ1n) is 18.0. The topological polar surface area (TPSA) is 101 Å². The number of carbonyl (C=O) groups is 2. The molecule has 256 valence electrons. The fraction of sp³-hybridized carbons (Fsp3) is 0.463. The molecule has 3 aromatic carbocycles. The first-order chi connectivity index (χ1) is 23.8. The highest BCUT2D eigenvalue weighted by Gasteiger charge is 2.55. The number of fused-ring (bicyclic) bond motifs is 5. The maximum atomic E-state index is 14.3. The van der Waals surface area contributed by atoms with Crippen molar-refractivity contribution in [3.8, 4) is 17.0 Å². The summed E-state index contributed by atoms with van der Waals surface area (Å²) in [5.41, 5.74) is 7.97. The van der Waals surface area contributed by atoms with Crippen molar-refractivity contribution in [1.29, 1.82) is 0 Å². The Kier molecular flexibility index (Phi) is 8.57. The van der Waals surface area contributed by atoms with Gasteiger partial charge in [-0.25, -0.2) is 4.39 Å². The van der Waals surface area contributed by atoms with Crippen molar-refractivity contribution in [1.82, 2.24) is 10.3 Å². The largest absolute Gasteiger partial charge is 0.508 e. The van der Waals surface area contributed by atoms with E-state index in [4.69, 9.17) is 9.47 Å². The molecule has 8 rings (SSSR count). The summed E-state index contributed by atoms with van der Waals surface area (Å²) < 4.78 is 26.4. The number of benzene rings is 3. The molecule has 4 aromatic rings. The zero-order valence-electron chi connectivity index (χ0n) is 28.2. The van der Waals surface area contributed by atoms with Gasteiger partial charge in [-0.1, -0.05) is 37.3 Å². The van der Waals surface area contributed by atoms with E-state index in [0.717, 1.165) is 59.9 Å². The van der Waals surface area contributed by atoms with Crippen molar-refractivity contribution in [2.24, 2.45) is 17.3 Å². The summed E-state index contributed by atoms with van der Waals surface area (Å²) in [5, 5.41) is 13.7. The molecule has 3 N–H and O–H groups in total. The minimum Gasteiger partial charge on any atom is -0.508 e. The van der Waals surface area contributed by atoms with Crippen LogP contribution in [0, 0.1) is 23.1 Å². The lowest BCUT2D eigenvalue weighted by Gasteiger charge is -2.50. The van der Waals surface area contributed by atoms with Crippen LogP contribution in [0.25, 0.3) is 22.2 Å². The number of H-pyrrole nitrogens is 1. The van der Waals surface area contributed by atoms with Gasteiger partial charge < -0.3 is 24.9 Å². The molecule has 1 aromatic heterocycles. The molecular weight excluding hydrogens is 619 g/mol. The third kappa shape index (κ3) is 5.97. The van der Waals surface area contributed by atoms with Crippen LogP contribution in [0.1, 0.15) is 90.4 Å². The van der Waals surface area contributed by atoms with Crippen molar-refractivity contribution in [2.75, 3.05) is 19.8 Å². The van der Waals surface area contributed by atoms with E-state index < -0.39 is 5.82 Å². The maximum Gasteiger partial charge on any atom is 0.246 e. The number of hydrogen-bond acceptors (Lipinski definition) is 5. The number of aryl methyl sites for hydroxylation is 2. The van der Waals surface area contributed by atoms with E-state index in [1.54, 1.807) is 0 Å². The van der Waals surface area contributed by atoms with E-state index in [0.29, 0.717) is 60.8 Å². The molecule has 1 heterocycles. The van der Waals surface area contributed by atoms with Gasteiger partial charge in [0.25, 0.3) is 0 Å². The van der Waals surface area contributed by atoms with Crippen LogP contribution in [0.2, 0.25) is 0 Å². The minimum absolute atomic E-state index is 0.00885. The number of rotatable bonds is 9. The van der Waals surface area contributed by atoms with Crippen LogP contribution in [0.5, 0.6) is 5.75 Å². The lowest BCUT2D eigenvalue weighted by molar-refractivity contribution is -0.127. The third-order valence-corrected chi connectivity index (χ3v) is 12.2. The van der Waals surface area contributed by atoms with Crippen molar-refractivity contribution < 1.29 is 28.6 Å². The number of phenolic OH excluding ortho intramolecular Hbond substituents is 1. The summed E-state index contributed by atoms with van der Waals surface area (Å²) >= 11 is 0. The lowest BCUT2D eigenvalue weighted by Crippen LogP contribution is -2.45. The summed E-state index contributed by atoms with van der Waals surface area (Å²) in [5.74, 6) is 1.71. The van der Waals surface area contributed by atoms with Crippen molar-refractivity contribution >= 4 is 22.6 Å². The SMILES string of the molecule is C[C@]12CC[C@@H]3c4ccc(O)cc4CC[C@H]3[C@@H]1CC[C@@H]2OCCOCC(=O)NCc1ccc(-c2[nH]c3cc(F)cc4c3c2CCCC4=O)cc1. The molecular formula is C41H45FN2O5. The average molecular weight is 665 g/mol. The second kappa shape index (κ2) is 13.0. The van der Waals surface area contributed by atoms with Gasteiger partial charge in [-0.05, 0) is 127 Å². The highest BCUT2D eigenvalue weighted by atomic mass is 19.1. The number of aromatic hydroxyl groups is 1. The molecule has 0 radical (unpaired) electrons. The summed E-state index contributed by atoms with van der Waals surface area (Å²) in [7, 11) is 0. The number of nitrogens with one attached hydrogen (secondary N) is 2. The number of halogens is 1. The number of phenols is 1. The molecule has 49 heavy (non-hydrogen) atoms. The number of ether oxygens (including phenoxy) is 2. The number of amides is 1. The van der Waals surface area contributed by atoms with Crippen molar-refractivity contribution in [3.63, 3.8) is 0 Å². The molecule has 7 nitrogen and oxygen atoms in total. The standard InChI is InChI=1S/C41H45FN2O5/c1-41-16-15-30-29-12-10-28(45)19-26(29)9-11-31(30)34(41)13-14-37(41)49-18-17-48-23-38(47)43-22-24-5-7-25(8-6-24)40-32-3-2-4-36(46)33-20-27(42)21-35(44-40)39(32)33/h5-8,10,12,19-21,30-31,34,37,44-45H,2-4,9,11,13-18,22-23H2,1H3,(H,43,47)/t30-,31-,34+,37+,41+/m1/s1. The predicted octanol–water partition coefficient (Wildman–Crippen LogP) is 7.77. The Morgan fingerprint density at radius 3 is 2.73 bits per heavy atom. The molecule has 0 spiro atoms. The van der Waals surface area contributed by atoms with Crippen LogP contribution in [0.15, 0.2) is 54.6 Å². The zero-order valence-corrected chi connectivity index (χ0v) is 28.2. The molecule has 4 aliphatic rings. The number of ketones is 1. The molecule has 4 aliphatic carbocycles. The normalized spacial score (nSPS) is 25.8. The van der Waals surface area contributed by atoms with E-state index in [2.05, 4.69) is 23.3 Å². The van der Waals surface area contributed by atoms with E-state index >= 15 is 0 Å². The summed E-state index contributed by atoms with van der Waals surface area (Å²) in [4.78, 5) is 28.5. The van der Waals surface area contributed by atoms with Gasteiger partial charge >= 0.3 is 0 Å². The average Bonchev–Trinajstić information content (AvgIpc) is 3.57. The molecule has 0 saturated heterocycles.